The molecule has 1 aliphatic heterocycles. The largest absolute Gasteiger partial charge is 0.338 e. The van der Waals surface area contributed by atoms with Gasteiger partial charge in [-0.25, -0.2) is 0 Å². The molecule has 0 aromatic heterocycles. The van der Waals surface area contributed by atoms with Crippen molar-refractivity contribution >= 4 is 11.4 Å². The summed E-state index contributed by atoms with van der Waals surface area (Å²) in [6.07, 6.45) is 0.921. The minimum Gasteiger partial charge on any atom is -0.338 e. The first-order valence-corrected chi connectivity index (χ1v) is 6.33. The van der Waals surface area contributed by atoms with Crippen LogP contribution in [0.25, 0.3) is 10.4 Å². The normalized spacial score (nSPS) is 16.8. The van der Waals surface area contributed by atoms with Crippen LogP contribution in [0.1, 0.15) is 5.56 Å². The fraction of sp³-hybridized carbons (Fsp3) is 0.200. The van der Waals surface area contributed by atoms with Gasteiger partial charge in [0.2, 0.25) is 0 Å². The SMILES string of the molecule is [N-]=[N+]=NC[C@@H]1Cc2ccccc2N1c1ccccc1. The number of anilines is 2. The zero-order valence-electron chi connectivity index (χ0n) is 10.5. The second-order valence-electron chi connectivity index (χ2n) is 4.61. The second kappa shape index (κ2) is 5.04. The molecule has 4 nitrogen and oxygen atoms in total. The summed E-state index contributed by atoms with van der Waals surface area (Å²) in [4.78, 5) is 5.16. The van der Waals surface area contributed by atoms with Crippen LogP contribution in [0.5, 0.6) is 0 Å². The van der Waals surface area contributed by atoms with Crippen molar-refractivity contribution in [2.45, 2.75) is 12.5 Å². The molecule has 0 amide bonds. The summed E-state index contributed by atoms with van der Waals surface area (Å²) in [5, 5.41) is 3.75. The lowest BCUT2D eigenvalue weighted by Gasteiger charge is -2.26. The van der Waals surface area contributed by atoms with E-state index in [0.29, 0.717) is 6.54 Å². The lowest BCUT2D eigenvalue weighted by atomic mass is 10.1. The maximum Gasteiger partial charge on any atom is 0.0470 e. The van der Waals surface area contributed by atoms with Gasteiger partial charge in [0, 0.05) is 28.9 Å². The molecule has 0 saturated heterocycles. The topological polar surface area (TPSA) is 52.0 Å². The molecule has 0 bridgehead atoms. The molecule has 0 radical (unpaired) electrons. The molecule has 4 heteroatoms. The predicted molar refractivity (Wildman–Crippen MR) is 76.5 cm³/mol. The summed E-state index contributed by atoms with van der Waals surface area (Å²) in [6, 6.07) is 18.8. The molecule has 2 aromatic rings. The first kappa shape index (κ1) is 11.6. The average molecular weight is 250 g/mol. The van der Waals surface area contributed by atoms with Gasteiger partial charge in [-0.2, -0.15) is 0 Å². The standard InChI is InChI=1S/C15H14N4/c16-18-17-11-14-10-12-6-4-5-9-15(12)19(14)13-7-2-1-3-8-13/h1-9,14H,10-11H2/t14-/m0/s1. The Balaban J connectivity index is 2.03. The number of para-hydroxylation sites is 2. The predicted octanol–water partition coefficient (Wildman–Crippen LogP) is 4.06. The summed E-state index contributed by atoms with van der Waals surface area (Å²) in [5.74, 6) is 0. The molecule has 0 fully saturated rings. The van der Waals surface area contributed by atoms with Crippen LogP contribution in [-0.2, 0) is 6.42 Å². The summed E-state index contributed by atoms with van der Waals surface area (Å²) in [5.41, 5.74) is 12.2. The summed E-state index contributed by atoms with van der Waals surface area (Å²) in [6.45, 7) is 0.486. The van der Waals surface area contributed by atoms with E-state index in [1.165, 1.54) is 11.3 Å². The minimum absolute atomic E-state index is 0.204. The highest BCUT2D eigenvalue weighted by molar-refractivity contribution is 5.71. The summed E-state index contributed by atoms with van der Waals surface area (Å²) in [7, 11) is 0. The molecule has 1 atom stereocenters. The fourth-order valence-electron chi connectivity index (χ4n) is 2.68. The van der Waals surface area contributed by atoms with E-state index >= 15 is 0 Å². The molecule has 1 heterocycles. The first-order valence-electron chi connectivity index (χ1n) is 6.33. The molecular formula is C15H14N4. The van der Waals surface area contributed by atoms with Crippen molar-refractivity contribution < 1.29 is 0 Å². The second-order valence-corrected chi connectivity index (χ2v) is 4.61. The highest BCUT2D eigenvalue weighted by atomic mass is 15.2. The maximum absolute atomic E-state index is 8.54. The Labute approximate surface area is 111 Å². The zero-order chi connectivity index (χ0) is 13.1. The molecule has 0 N–H and O–H groups in total. The number of nitrogens with zero attached hydrogens (tertiary/aromatic N) is 4. The van der Waals surface area contributed by atoms with Crippen molar-refractivity contribution in [2.24, 2.45) is 5.11 Å². The molecule has 19 heavy (non-hydrogen) atoms. The van der Waals surface area contributed by atoms with E-state index in [-0.39, 0.29) is 6.04 Å². The highest BCUT2D eigenvalue weighted by Crippen LogP contribution is 2.38. The Bertz CT molecular complexity index is 617. The summed E-state index contributed by atoms with van der Waals surface area (Å²) < 4.78 is 0. The summed E-state index contributed by atoms with van der Waals surface area (Å²) >= 11 is 0. The van der Waals surface area contributed by atoms with Gasteiger partial charge >= 0.3 is 0 Å². The van der Waals surface area contributed by atoms with Crippen LogP contribution in [0.4, 0.5) is 11.4 Å². The van der Waals surface area contributed by atoms with E-state index in [0.717, 1.165) is 12.1 Å². The van der Waals surface area contributed by atoms with Crippen molar-refractivity contribution in [3.8, 4) is 0 Å². The molecule has 2 aromatic carbocycles. The Morgan fingerprint density at radius 2 is 1.84 bits per heavy atom. The quantitative estimate of drug-likeness (QED) is 0.460. The molecule has 1 aliphatic rings. The van der Waals surface area contributed by atoms with Gasteiger partial charge < -0.3 is 4.90 Å². The monoisotopic (exact) mass is 250 g/mol. The lowest BCUT2D eigenvalue weighted by molar-refractivity contribution is 0.693. The van der Waals surface area contributed by atoms with Crippen LogP contribution in [0, 0.1) is 0 Å². The Morgan fingerprint density at radius 3 is 2.63 bits per heavy atom. The van der Waals surface area contributed by atoms with E-state index in [2.05, 4.69) is 45.3 Å². The van der Waals surface area contributed by atoms with Crippen LogP contribution in [0.15, 0.2) is 59.7 Å². The van der Waals surface area contributed by atoms with E-state index < -0.39 is 0 Å². The average Bonchev–Trinajstić information content (AvgIpc) is 2.84. The van der Waals surface area contributed by atoms with Gasteiger partial charge in [0.1, 0.15) is 0 Å². The van der Waals surface area contributed by atoms with Gasteiger partial charge in [-0.05, 0) is 35.7 Å². The van der Waals surface area contributed by atoms with Crippen molar-refractivity contribution in [2.75, 3.05) is 11.4 Å². The number of rotatable bonds is 3. The van der Waals surface area contributed by atoms with Gasteiger partial charge in [-0.15, -0.1) is 0 Å². The molecule has 0 spiro atoms. The van der Waals surface area contributed by atoms with Crippen molar-refractivity contribution in [1.29, 1.82) is 0 Å². The van der Waals surface area contributed by atoms with Crippen LogP contribution < -0.4 is 4.90 Å². The minimum atomic E-state index is 0.204. The Morgan fingerprint density at radius 1 is 1.11 bits per heavy atom. The van der Waals surface area contributed by atoms with Gasteiger partial charge in [0.15, 0.2) is 0 Å². The lowest BCUT2D eigenvalue weighted by Crippen LogP contribution is -2.29. The number of hydrogen-bond acceptors (Lipinski definition) is 2. The zero-order valence-corrected chi connectivity index (χ0v) is 10.5. The smallest absolute Gasteiger partial charge is 0.0470 e. The van der Waals surface area contributed by atoms with Gasteiger partial charge in [-0.3, -0.25) is 0 Å². The molecule has 94 valence electrons. The highest BCUT2D eigenvalue weighted by Gasteiger charge is 2.29. The van der Waals surface area contributed by atoms with Crippen LogP contribution in [0.3, 0.4) is 0 Å². The van der Waals surface area contributed by atoms with Crippen molar-refractivity contribution in [3.05, 3.63) is 70.6 Å². The molecule has 3 rings (SSSR count). The number of azide groups is 1. The number of fused-ring (bicyclic) bond motifs is 1. The molecule has 0 unspecified atom stereocenters. The fourth-order valence-corrected chi connectivity index (χ4v) is 2.68. The molecular weight excluding hydrogens is 236 g/mol. The molecule has 0 aliphatic carbocycles. The Kier molecular flexibility index (Phi) is 3.09. The van der Waals surface area contributed by atoms with Gasteiger partial charge in [-0.1, -0.05) is 41.5 Å². The molecule has 0 saturated carbocycles. The maximum atomic E-state index is 8.54. The van der Waals surface area contributed by atoms with Crippen molar-refractivity contribution in [1.82, 2.24) is 0 Å². The van der Waals surface area contributed by atoms with Gasteiger partial charge in [0.25, 0.3) is 0 Å². The third kappa shape index (κ3) is 2.14. The third-order valence-corrected chi connectivity index (χ3v) is 3.46. The number of hydrogen-bond donors (Lipinski definition) is 0. The number of benzene rings is 2. The van der Waals surface area contributed by atoms with E-state index in [1.807, 2.05) is 24.3 Å². The first-order chi connectivity index (χ1) is 9.40. The van der Waals surface area contributed by atoms with E-state index in [4.69, 9.17) is 5.53 Å². The van der Waals surface area contributed by atoms with Crippen LogP contribution in [-0.4, -0.2) is 12.6 Å². The third-order valence-electron chi connectivity index (χ3n) is 3.46. The van der Waals surface area contributed by atoms with E-state index in [1.54, 1.807) is 0 Å². The van der Waals surface area contributed by atoms with Crippen LogP contribution >= 0.6 is 0 Å². The van der Waals surface area contributed by atoms with Crippen molar-refractivity contribution in [3.63, 3.8) is 0 Å². The Hall–Kier alpha value is -2.45. The van der Waals surface area contributed by atoms with Crippen LogP contribution in [0.2, 0.25) is 0 Å². The van der Waals surface area contributed by atoms with E-state index in [9.17, 15) is 0 Å². The van der Waals surface area contributed by atoms with Gasteiger partial charge in [0.05, 0.1) is 0 Å².